The van der Waals surface area contributed by atoms with E-state index in [-0.39, 0.29) is 15.7 Å². The molecule has 1 aromatic rings. The Bertz CT molecular complexity index is 476. The van der Waals surface area contributed by atoms with Crippen molar-refractivity contribution >= 4 is 44.2 Å². The van der Waals surface area contributed by atoms with Gasteiger partial charge in [0.25, 0.3) is 0 Å². The molecule has 0 spiro atoms. The zero-order valence-electron chi connectivity index (χ0n) is 6.50. The first-order chi connectivity index (χ1) is 6.61. The Morgan fingerprint density at radius 2 is 2.36 bits per heavy atom. The van der Waals surface area contributed by atoms with Crippen molar-refractivity contribution in [1.82, 2.24) is 0 Å². The van der Waals surface area contributed by atoms with Crippen molar-refractivity contribution in [2.24, 2.45) is 5.11 Å². The second-order valence-electron chi connectivity index (χ2n) is 2.18. The molecular weight excluding hydrogens is 366 g/mol. The first-order valence-corrected chi connectivity index (χ1v) is 5.11. The lowest BCUT2D eigenvalue weighted by atomic mass is 10.2. The lowest BCUT2D eigenvalue weighted by Gasteiger charge is -2.03. The highest BCUT2D eigenvalue weighted by Crippen LogP contribution is 2.32. The van der Waals surface area contributed by atoms with E-state index in [0.29, 0.717) is 3.57 Å². The van der Waals surface area contributed by atoms with Crippen LogP contribution in [0.3, 0.4) is 0 Å². The molecule has 0 unspecified atom stereocenters. The summed E-state index contributed by atoms with van der Waals surface area (Å²) >= 11 is 4.82. The first kappa shape index (κ1) is 11.2. The number of halogens is 3. The number of nitriles is 1. The molecule has 0 bridgehead atoms. The third-order valence-electron chi connectivity index (χ3n) is 1.40. The molecule has 0 atom stereocenters. The van der Waals surface area contributed by atoms with Crippen LogP contribution in [0.5, 0.6) is 0 Å². The van der Waals surface area contributed by atoms with Crippen LogP contribution in [0.25, 0.3) is 10.4 Å². The highest BCUT2D eigenvalue weighted by molar-refractivity contribution is 14.1. The van der Waals surface area contributed by atoms with Gasteiger partial charge in [-0.05, 0) is 50.1 Å². The molecule has 0 amide bonds. The molecular formula is C7HBrFIN4. The Labute approximate surface area is 101 Å². The number of hydrogen-bond acceptors (Lipinski definition) is 2. The van der Waals surface area contributed by atoms with Crippen molar-refractivity contribution in [3.8, 4) is 6.07 Å². The summed E-state index contributed by atoms with van der Waals surface area (Å²) in [5, 5.41) is 11.9. The molecule has 0 saturated heterocycles. The summed E-state index contributed by atoms with van der Waals surface area (Å²) in [6, 6.07) is 3.10. The van der Waals surface area contributed by atoms with Crippen molar-refractivity contribution in [3.63, 3.8) is 0 Å². The highest BCUT2D eigenvalue weighted by Gasteiger charge is 2.14. The van der Waals surface area contributed by atoms with Crippen LogP contribution in [-0.2, 0) is 0 Å². The Balaban J connectivity index is 3.65. The SMILES string of the molecule is N#Cc1c(F)c(Br)cc(I)c1N=[N+]=[N-]. The molecule has 14 heavy (non-hydrogen) atoms. The van der Waals surface area contributed by atoms with Crippen molar-refractivity contribution in [2.45, 2.75) is 0 Å². The summed E-state index contributed by atoms with van der Waals surface area (Å²) < 4.78 is 14.0. The lowest BCUT2D eigenvalue weighted by Crippen LogP contribution is -1.89. The maximum atomic E-state index is 13.3. The van der Waals surface area contributed by atoms with Crippen molar-refractivity contribution in [3.05, 3.63) is 35.9 Å². The third-order valence-corrected chi connectivity index (χ3v) is 2.80. The smallest absolute Gasteiger partial charge is 0.155 e. The van der Waals surface area contributed by atoms with Gasteiger partial charge in [0.1, 0.15) is 6.07 Å². The molecule has 0 saturated carbocycles. The first-order valence-electron chi connectivity index (χ1n) is 3.24. The van der Waals surface area contributed by atoms with Crippen LogP contribution < -0.4 is 0 Å². The van der Waals surface area contributed by atoms with Gasteiger partial charge in [-0.2, -0.15) is 5.26 Å². The molecule has 1 aromatic carbocycles. The molecule has 0 aliphatic heterocycles. The molecule has 0 radical (unpaired) electrons. The van der Waals surface area contributed by atoms with Crippen molar-refractivity contribution in [2.75, 3.05) is 0 Å². The second-order valence-corrected chi connectivity index (χ2v) is 4.20. The predicted octanol–water partition coefficient (Wildman–Crippen LogP) is 4.01. The zero-order valence-corrected chi connectivity index (χ0v) is 10.2. The molecule has 1 rings (SSSR count). The van der Waals surface area contributed by atoms with Gasteiger partial charge >= 0.3 is 0 Å². The van der Waals surface area contributed by atoms with Crippen LogP contribution in [0.2, 0.25) is 0 Å². The summed E-state index contributed by atoms with van der Waals surface area (Å²) in [6.07, 6.45) is 0. The van der Waals surface area contributed by atoms with Crippen LogP contribution >= 0.6 is 38.5 Å². The second kappa shape index (κ2) is 4.59. The number of rotatable bonds is 1. The van der Waals surface area contributed by atoms with Crippen molar-refractivity contribution in [1.29, 1.82) is 5.26 Å². The number of benzene rings is 1. The Morgan fingerprint density at radius 1 is 1.71 bits per heavy atom. The van der Waals surface area contributed by atoms with Crippen LogP contribution in [0, 0.1) is 20.7 Å². The van der Waals surface area contributed by atoms with Gasteiger partial charge in [-0.25, -0.2) is 4.39 Å². The zero-order chi connectivity index (χ0) is 10.7. The van der Waals surface area contributed by atoms with Crippen LogP contribution in [0.4, 0.5) is 10.1 Å². The Hall–Kier alpha value is -0.840. The molecule has 0 heterocycles. The van der Waals surface area contributed by atoms with Gasteiger partial charge in [0.05, 0.1) is 15.7 Å². The highest BCUT2D eigenvalue weighted by atomic mass is 127. The van der Waals surface area contributed by atoms with Gasteiger partial charge in [0.15, 0.2) is 5.82 Å². The van der Waals surface area contributed by atoms with Crippen molar-refractivity contribution < 1.29 is 4.39 Å². The molecule has 70 valence electrons. The van der Waals surface area contributed by atoms with E-state index in [2.05, 4.69) is 26.0 Å². The van der Waals surface area contributed by atoms with Gasteiger partial charge in [-0.3, -0.25) is 0 Å². The van der Waals surface area contributed by atoms with Gasteiger partial charge < -0.3 is 0 Å². The summed E-state index contributed by atoms with van der Waals surface area (Å²) in [4.78, 5) is 2.53. The van der Waals surface area contributed by atoms with E-state index in [1.165, 1.54) is 6.07 Å². The van der Waals surface area contributed by atoms with E-state index in [4.69, 9.17) is 10.8 Å². The van der Waals surface area contributed by atoms with Crippen LogP contribution in [0.1, 0.15) is 5.56 Å². The monoisotopic (exact) mass is 366 g/mol. The predicted molar refractivity (Wildman–Crippen MR) is 60.3 cm³/mol. The largest absolute Gasteiger partial charge is 0.204 e. The standard InChI is InChI=1S/C7HBrFIN4/c8-4-1-5(10)7(13-14-12)3(2-11)6(4)9/h1H. The topological polar surface area (TPSA) is 72.5 Å². The van der Waals surface area contributed by atoms with E-state index < -0.39 is 5.82 Å². The summed E-state index contributed by atoms with van der Waals surface area (Å²) in [5.41, 5.74) is 8.01. The van der Waals surface area contributed by atoms with E-state index in [1.54, 1.807) is 6.07 Å². The summed E-state index contributed by atoms with van der Waals surface area (Å²) in [6.45, 7) is 0. The molecule has 4 nitrogen and oxygen atoms in total. The van der Waals surface area contributed by atoms with E-state index in [9.17, 15) is 4.39 Å². The maximum absolute atomic E-state index is 13.3. The van der Waals surface area contributed by atoms with Crippen LogP contribution in [0.15, 0.2) is 15.7 Å². The van der Waals surface area contributed by atoms with E-state index in [0.717, 1.165) is 0 Å². The molecule has 0 N–H and O–H groups in total. The maximum Gasteiger partial charge on any atom is 0.155 e. The quantitative estimate of drug-likeness (QED) is 0.243. The molecule has 0 aliphatic carbocycles. The number of nitrogens with zero attached hydrogens (tertiary/aromatic N) is 4. The molecule has 0 fully saturated rings. The van der Waals surface area contributed by atoms with Crippen LogP contribution in [-0.4, -0.2) is 0 Å². The average Bonchev–Trinajstić information content (AvgIpc) is 2.15. The van der Waals surface area contributed by atoms with E-state index in [1.807, 2.05) is 22.6 Å². The normalized spacial score (nSPS) is 9.00. The van der Waals surface area contributed by atoms with Gasteiger partial charge in [0.2, 0.25) is 0 Å². The van der Waals surface area contributed by atoms with Gasteiger partial charge in [-0.1, -0.05) is 5.11 Å². The van der Waals surface area contributed by atoms with Gasteiger partial charge in [0, 0.05) is 8.48 Å². The fraction of sp³-hybridized carbons (Fsp3) is 0. The van der Waals surface area contributed by atoms with Gasteiger partial charge in [-0.15, -0.1) is 0 Å². The summed E-state index contributed by atoms with van der Waals surface area (Å²) in [7, 11) is 0. The number of azide groups is 1. The third kappa shape index (κ3) is 1.97. The minimum Gasteiger partial charge on any atom is -0.204 e. The molecule has 7 heteroatoms. The fourth-order valence-corrected chi connectivity index (χ4v) is 2.37. The number of hydrogen-bond donors (Lipinski definition) is 0. The molecule has 0 aromatic heterocycles. The minimum atomic E-state index is -0.713. The minimum absolute atomic E-state index is 0.0244. The fourth-order valence-electron chi connectivity index (χ4n) is 0.830. The Morgan fingerprint density at radius 3 is 2.86 bits per heavy atom. The molecule has 0 aliphatic rings. The summed E-state index contributed by atoms with van der Waals surface area (Å²) in [5.74, 6) is -0.713. The lowest BCUT2D eigenvalue weighted by molar-refractivity contribution is 0.617. The van der Waals surface area contributed by atoms with E-state index >= 15 is 0 Å². The average molecular weight is 367 g/mol. The Kier molecular flexibility index (Phi) is 3.69.